The molecule has 6 heteroatoms. The van der Waals surface area contributed by atoms with E-state index in [1.54, 1.807) is 12.3 Å². The molecule has 0 saturated carbocycles. The van der Waals surface area contributed by atoms with Crippen molar-refractivity contribution >= 4 is 22.1 Å². The monoisotopic (exact) mass is 372 g/mol. The van der Waals surface area contributed by atoms with Gasteiger partial charge in [0.15, 0.2) is 0 Å². The third-order valence-corrected chi connectivity index (χ3v) is 6.49. The third kappa shape index (κ3) is 3.66. The minimum atomic E-state index is -1.01. The van der Waals surface area contributed by atoms with Gasteiger partial charge in [0.05, 0.1) is 23.5 Å². The molecular weight excluding hydrogens is 351 g/mol. The largest absolute Gasteiger partial charge is 0.616 e. The topological polar surface area (TPSA) is 57.9 Å². The Labute approximate surface area is 154 Å². The molecule has 0 amide bonds. The molecule has 2 aromatic carbocycles. The quantitative estimate of drug-likeness (QED) is 0.641. The zero-order valence-corrected chi connectivity index (χ0v) is 15.8. The summed E-state index contributed by atoms with van der Waals surface area (Å²) in [4.78, 5) is 17.0. The summed E-state index contributed by atoms with van der Waals surface area (Å²) in [6.45, 7) is 4.18. The molecule has 1 atom stereocenters. The Morgan fingerprint density at radius 2 is 1.92 bits per heavy atom. The lowest BCUT2D eigenvalue weighted by molar-refractivity contribution is 0.493. The molecule has 4 nitrogen and oxygen atoms in total. The minimum Gasteiger partial charge on any atom is -0.616 e. The van der Waals surface area contributed by atoms with Gasteiger partial charge in [-0.25, -0.2) is 9.37 Å². The van der Waals surface area contributed by atoms with E-state index in [2.05, 4.69) is 4.98 Å². The van der Waals surface area contributed by atoms with Crippen molar-refractivity contribution in [3.63, 3.8) is 0 Å². The smallest absolute Gasteiger partial charge is 0.261 e. The molecule has 0 spiro atoms. The Bertz CT molecular complexity index is 984. The number of aromatic nitrogens is 2. The van der Waals surface area contributed by atoms with Gasteiger partial charge in [0.2, 0.25) is 0 Å². The van der Waals surface area contributed by atoms with Crippen LogP contribution in [0.3, 0.4) is 0 Å². The van der Waals surface area contributed by atoms with Gasteiger partial charge in [0.1, 0.15) is 10.6 Å². The molecule has 0 aliphatic rings. The maximum absolute atomic E-state index is 14.6. The van der Waals surface area contributed by atoms with Crippen LogP contribution in [0.15, 0.2) is 53.6 Å². The van der Waals surface area contributed by atoms with E-state index in [1.165, 1.54) is 17.0 Å². The number of nitrogens with zero attached hydrogens (tertiary/aromatic N) is 2. The highest BCUT2D eigenvalue weighted by atomic mass is 32.2. The molecule has 0 bridgehead atoms. The predicted molar refractivity (Wildman–Crippen MR) is 104 cm³/mol. The first-order valence-electron chi connectivity index (χ1n) is 8.37. The molecule has 3 aromatic rings. The molecule has 0 fully saturated rings. The van der Waals surface area contributed by atoms with Crippen molar-refractivity contribution in [3.8, 4) is 11.1 Å². The fraction of sp³-hybridized carbons (Fsp3) is 0.300. The maximum atomic E-state index is 14.6. The minimum absolute atomic E-state index is 0.250. The number of aryl methyl sites for hydroxylation is 1. The number of halogens is 1. The molecular formula is C20H21FN2O2S. The van der Waals surface area contributed by atoms with Gasteiger partial charge in [0.25, 0.3) is 5.56 Å². The van der Waals surface area contributed by atoms with E-state index in [9.17, 15) is 13.7 Å². The lowest BCUT2D eigenvalue weighted by atomic mass is 10.0. The van der Waals surface area contributed by atoms with Gasteiger partial charge in [-0.05, 0) is 31.5 Å². The van der Waals surface area contributed by atoms with Crippen LogP contribution in [0.1, 0.15) is 20.3 Å². The van der Waals surface area contributed by atoms with Crippen molar-refractivity contribution in [3.05, 3.63) is 65.0 Å². The van der Waals surface area contributed by atoms with Crippen molar-refractivity contribution in [1.82, 2.24) is 9.55 Å². The van der Waals surface area contributed by atoms with Crippen LogP contribution >= 0.6 is 0 Å². The van der Waals surface area contributed by atoms with Gasteiger partial charge in [0, 0.05) is 18.5 Å². The summed E-state index contributed by atoms with van der Waals surface area (Å²) in [6.07, 6.45) is 3.70. The summed E-state index contributed by atoms with van der Waals surface area (Å²) in [6, 6.07) is 12.0. The fourth-order valence-corrected chi connectivity index (χ4v) is 3.09. The molecule has 0 saturated heterocycles. The first-order valence-corrected chi connectivity index (χ1v) is 9.93. The number of hydrogen-bond acceptors (Lipinski definition) is 3. The normalized spacial score (nSPS) is 13.1. The van der Waals surface area contributed by atoms with E-state index in [0.717, 1.165) is 5.56 Å². The number of fused-ring (bicyclic) bond motifs is 1. The zero-order chi connectivity index (χ0) is 18.9. The molecule has 1 unspecified atom stereocenters. The predicted octanol–water partition coefficient (Wildman–Crippen LogP) is 3.75. The molecule has 0 aliphatic heterocycles. The number of benzene rings is 2. The molecule has 1 heterocycles. The van der Waals surface area contributed by atoms with Gasteiger partial charge in [-0.2, -0.15) is 0 Å². The number of rotatable bonds is 5. The Balaban J connectivity index is 1.99. The summed E-state index contributed by atoms with van der Waals surface area (Å²) in [5, 5.41) is 0.250. The molecule has 0 radical (unpaired) electrons. The lowest BCUT2D eigenvalue weighted by Crippen LogP contribution is -2.34. The van der Waals surface area contributed by atoms with Crippen molar-refractivity contribution < 1.29 is 8.94 Å². The van der Waals surface area contributed by atoms with Crippen molar-refractivity contribution in [2.45, 2.75) is 31.6 Å². The van der Waals surface area contributed by atoms with E-state index in [0.29, 0.717) is 24.0 Å². The Hall–Kier alpha value is -2.18. The van der Waals surface area contributed by atoms with Crippen LogP contribution in [0.5, 0.6) is 0 Å². The average Bonchev–Trinajstić information content (AvgIpc) is 2.62. The summed E-state index contributed by atoms with van der Waals surface area (Å²) >= 11 is -1.01. The van der Waals surface area contributed by atoms with Crippen LogP contribution in [0, 0.1) is 5.82 Å². The second-order valence-corrected chi connectivity index (χ2v) is 8.94. The van der Waals surface area contributed by atoms with Crippen molar-refractivity contribution in [1.29, 1.82) is 0 Å². The van der Waals surface area contributed by atoms with Crippen LogP contribution in [-0.4, -0.2) is 25.1 Å². The summed E-state index contributed by atoms with van der Waals surface area (Å²) < 4.78 is 27.4. The summed E-state index contributed by atoms with van der Waals surface area (Å²) in [5.74, 6) is -0.449. The van der Waals surface area contributed by atoms with Gasteiger partial charge in [-0.1, -0.05) is 41.5 Å². The lowest BCUT2D eigenvalue weighted by Gasteiger charge is -2.25. The molecule has 0 aliphatic carbocycles. The van der Waals surface area contributed by atoms with Crippen LogP contribution in [0.2, 0.25) is 0 Å². The first-order chi connectivity index (χ1) is 12.3. The highest BCUT2D eigenvalue weighted by molar-refractivity contribution is 7.92. The maximum Gasteiger partial charge on any atom is 0.261 e. The van der Waals surface area contributed by atoms with E-state index < -0.39 is 21.7 Å². The van der Waals surface area contributed by atoms with E-state index in [1.807, 2.05) is 44.2 Å². The summed E-state index contributed by atoms with van der Waals surface area (Å²) in [7, 11) is 0. The Morgan fingerprint density at radius 3 is 2.58 bits per heavy atom. The highest BCUT2D eigenvalue weighted by Crippen LogP contribution is 2.26. The van der Waals surface area contributed by atoms with E-state index in [-0.39, 0.29) is 10.9 Å². The van der Waals surface area contributed by atoms with Crippen LogP contribution in [0.4, 0.5) is 4.39 Å². The van der Waals surface area contributed by atoms with Gasteiger partial charge in [-0.15, -0.1) is 0 Å². The van der Waals surface area contributed by atoms with Crippen LogP contribution < -0.4 is 5.56 Å². The van der Waals surface area contributed by atoms with E-state index >= 15 is 0 Å². The second-order valence-electron chi connectivity index (χ2n) is 6.92. The van der Waals surface area contributed by atoms with Crippen molar-refractivity contribution in [2.24, 2.45) is 0 Å². The van der Waals surface area contributed by atoms with E-state index in [4.69, 9.17) is 0 Å². The van der Waals surface area contributed by atoms with Gasteiger partial charge < -0.3 is 4.55 Å². The highest BCUT2D eigenvalue weighted by Gasteiger charge is 2.28. The molecule has 0 N–H and O–H groups in total. The van der Waals surface area contributed by atoms with Crippen LogP contribution in [0.25, 0.3) is 22.0 Å². The standard InChI is InChI=1S/C20H21FN2O2S/c1-20(2,26(3)25)9-10-23-13-22-18-12-15(14-7-5-4-6-8-14)17(21)11-16(18)19(23)24/h4-8,11-13H,9-10H2,1-3H3. The molecule has 26 heavy (non-hydrogen) atoms. The molecule has 1 aromatic heterocycles. The number of hydrogen-bond donors (Lipinski definition) is 0. The van der Waals surface area contributed by atoms with Gasteiger partial charge in [-0.3, -0.25) is 9.36 Å². The van der Waals surface area contributed by atoms with Crippen molar-refractivity contribution in [2.75, 3.05) is 6.26 Å². The van der Waals surface area contributed by atoms with Gasteiger partial charge >= 0.3 is 0 Å². The first kappa shape index (κ1) is 18.6. The molecule has 136 valence electrons. The third-order valence-electron chi connectivity index (χ3n) is 4.73. The Morgan fingerprint density at radius 1 is 1.23 bits per heavy atom. The SMILES string of the molecule is C[S+]([O-])C(C)(C)CCn1cnc2cc(-c3ccccc3)c(F)cc2c1=O. The fourth-order valence-electron chi connectivity index (χ4n) is 2.71. The molecule has 3 rings (SSSR count). The Kier molecular flexibility index (Phi) is 5.16. The zero-order valence-electron chi connectivity index (χ0n) is 15.0. The van der Waals surface area contributed by atoms with Crippen LogP contribution in [-0.2, 0) is 17.7 Å². The summed E-state index contributed by atoms with van der Waals surface area (Å²) in [5.41, 5.74) is 1.34. The second kappa shape index (κ2) is 7.21. The average molecular weight is 372 g/mol.